The molecule has 5 nitrogen and oxygen atoms in total. The van der Waals surface area contributed by atoms with Crippen LogP contribution in [0.4, 0.5) is 18.9 Å². The van der Waals surface area contributed by atoms with E-state index in [-0.39, 0.29) is 0 Å². The van der Waals surface area contributed by atoms with Crippen molar-refractivity contribution in [2.75, 3.05) is 0 Å². The van der Waals surface area contributed by atoms with Gasteiger partial charge in [0.15, 0.2) is 11.6 Å². The first-order valence-electron chi connectivity index (χ1n) is 3.83. The second-order valence-electron chi connectivity index (χ2n) is 2.85. The van der Waals surface area contributed by atoms with Crippen molar-refractivity contribution in [1.82, 2.24) is 0 Å². The van der Waals surface area contributed by atoms with E-state index in [2.05, 4.69) is 0 Å². The van der Waals surface area contributed by atoms with Crippen LogP contribution in [0.1, 0.15) is 15.9 Å². The average Bonchev–Trinajstić information content (AvgIpc) is 2.13. The van der Waals surface area contributed by atoms with Crippen molar-refractivity contribution in [2.45, 2.75) is 6.92 Å². The van der Waals surface area contributed by atoms with Crippen molar-refractivity contribution in [3.8, 4) is 0 Å². The maximum absolute atomic E-state index is 13.2. The Morgan fingerprint density at radius 2 is 1.75 bits per heavy atom. The summed E-state index contributed by atoms with van der Waals surface area (Å²) in [6.07, 6.45) is 0. The molecule has 0 heterocycles. The minimum Gasteiger partial charge on any atom is -0.477 e. The van der Waals surface area contributed by atoms with Crippen LogP contribution in [0.3, 0.4) is 0 Å². The van der Waals surface area contributed by atoms with Gasteiger partial charge in [-0.3, -0.25) is 10.1 Å². The predicted molar refractivity (Wildman–Crippen MR) is 44.7 cm³/mol. The Morgan fingerprint density at radius 1 is 1.25 bits per heavy atom. The fraction of sp³-hybridized carbons (Fsp3) is 0.125. The second kappa shape index (κ2) is 3.80. The number of nitro groups is 1. The number of halogens is 3. The first kappa shape index (κ1) is 12.0. The van der Waals surface area contributed by atoms with Gasteiger partial charge in [-0.15, -0.1) is 0 Å². The van der Waals surface area contributed by atoms with Crippen LogP contribution >= 0.6 is 0 Å². The summed E-state index contributed by atoms with van der Waals surface area (Å²) < 4.78 is 39.3. The van der Waals surface area contributed by atoms with Crippen LogP contribution in [0.5, 0.6) is 0 Å². The molecule has 1 N–H and O–H groups in total. The van der Waals surface area contributed by atoms with Crippen molar-refractivity contribution in [2.24, 2.45) is 0 Å². The molecule has 1 rings (SSSR count). The number of carbonyl (C=O) groups is 1. The molecule has 0 bridgehead atoms. The van der Waals surface area contributed by atoms with E-state index < -0.39 is 45.2 Å². The second-order valence-corrected chi connectivity index (χ2v) is 2.85. The molecule has 86 valence electrons. The summed E-state index contributed by atoms with van der Waals surface area (Å²) in [7, 11) is 0. The van der Waals surface area contributed by atoms with Gasteiger partial charge in [-0.25, -0.2) is 13.6 Å². The lowest BCUT2D eigenvalue weighted by atomic mass is 10.1. The van der Waals surface area contributed by atoms with Gasteiger partial charge in [0.2, 0.25) is 5.82 Å². The van der Waals surface area contributed by atoms with E-state index in [1.54, 1.807) is 0 Å². The molecule has 0 fully saturated rings. The van der Waals surface area contributed by atoms with Gasteiger partial charge in [0.05, 0.1) is 10.5 Å². The maximum atomic E-state index is 13.2. The normalized spacial score (nSPS) is 10.2. The molecule has 0 radical (unpaired) electrons. The van der Waals surface area contributed by atoms with Crippen LogP contribution in [0.15, 0.2) is 0 Å². The van der Waals surface area contributed by atoms with E-state index in [0.29, 0.717) is 0 Å². The number of rotatable bonds is 2. The first-order valence-corrected chi connectivity index (χ1v) is 3.83. The Bertz CT molecular complexity index is 460. The molecular formula is C8H4F3NO4. The molecule has 0 atom stereocenters. The third kappa shape index (κ3) is 1.58. The van der Waals surface area contributed by atoms with Crippen molar-refractivity contribution in [1.29, 1.82) is 0 Å². The van der Waals surface area contributed by atoms with Gasteiger partial charge >= 0.3 is 11.7 Å². The molecule has 0 saturated carbocycles. The fourth-order valence-corrected chi connectivity index (χ4v) is 1.16. The Kier molecular flexibility index (Phi) is 2.84. The standard InChI is InChI=1S/C8H4F3NO4/c1-2-4(9)5(10)3(8(13)14)6(11)7(2)12(15)16/h1H3,(H,13,14). The molecule has 8 heteroatoms. The zero-order valence-corrected chi connectivity index (χ0v) is 7.75. The summed E-state index contributed by atoms with van der Waals surface area (Å²) in [5.41, 5.74) is -3.93. The van der Waals surface area contributed by atoms with Gasteiger partial charge in [0.1, 0.15) is 5.56 Å². The molecule has 16 heavy (non-hydrogen) atoms. The van der Waals surface area contributed by atoms with Crippen molar-refractivity contribution in [3.05, 3.63) is 38.7 Å². The van der Waals surface area contributed by atoms with E-state index in [0.717, 1.165) is 6.92 Å². The van der Waals surface area contributed by atoms with E-state index >= 15 is 0 Å². The average molecular weight is 235 g/mol. The summed E-state index contributed by atoms with van der Waals surface area (Å²) in [6.45, 7) is 0.783. The van der Waals surface area contributed by atoms with Crippen LogP contribution in [0, 0.1) is 34.5 Å². The minimum atomic E-state index is -2.11. The van der Waals surface area contributed by atoms with Crippen LogP contribution in [-0.4, -0.2) is 16.0 Å². The molecule has 0 aliphatic carbocycles. The van der Waals surface area contributed by atoms with Gasteiger partial charge in [-0.05, 0) is 6.92 Å². The molecular weight excluding hydrogens is 231 g/mol. The highest BCUT2D eigenvalue weighted by Crippen LogP contribution is 2.30. The molecule has 1 aromatic carbocycles. The van der Waals surface area contributed by atoms with Gasteiger partial charge < -0.3 is 5.11 Å². The van der Waals surface area contributed by atoms with Crippen LogP contribution < -0.4 is 0 Å². The number of aromatic carboxylic acids is 1. The zero-order valence-electron chi connectivity index (χ0n) is 7.75. The summed E-state index contributed by atoms with van der Waals surface area (Å²) in [5, 5.41) is 18.8. The van der Waals surface area contributed by atoms with E-state index in [1.165, 1.54) is 0 Å². The SMILES string of the molecule is Cc1c(F)c(F)c(C(=O)O)c(F)c1[N+](=O)[O-]. The van der Waals surface area contributed by atoms with Crippen LogP contribution in [-0.2, 0) is 0 Å². The van der Waals surface area contributed by atoms with Crippen LogP contribution in [0.25, 0.3) is 0 Å². The molecule has 0 spiro atoms. The predicted octanol–water partition coefficient (Wildman–Crippen LogP) is 2.02. The van der Waals surface area contributed by atoms with E-state index in [1.807, 2.05) is 0 Å². The Balaban J connectivity index is 3.80. The lowest BCUT2D eigenvalue weighted by molar-refractivity contribution is -0.388. The number of hydrogen-bond acceptors (Lipinski definition) is 3. The van der Waals surface area contributed by atoms with Crippen molar-refractivity contribution >= 4 is 11.7 Å². The van der Waals surface area contributed by atoms with Crippen molar-refractivity contribution in [3.63, 3.8) is 0 Å². The third-order valence-electron chi connectivity index (χ3n) is 1.92. The van der Waals surface area contributed by atoms with E-state index in [9.17, 15) is 28.1 Å². The monoisotopic (exact) mass is 235 g/mol. The molecule has 0 aromatic heterocycles. The summed E-state index contributed by atoms with van der Waals surface area (Å²) in [6, 6.07) is 0. The molecule has 0 aliphatic rings. The molecule has 1 aromatic rings. The number of benzene rings is 1. The highest BCUT2D eigenvalue weighted by molar-refractivity contribution is 5.89. The molecule has 0 unspecified atom stereocenters. The third-order valence-corrected chi connectivity index (χ3v) is 1.92. The smallest absolute Gasteiger partial charge is 0.342 e. The Morgan fingerprint density at radius 3 is 2.12 bits per heavy atom. The van der Waals surface area contributed by atoms with Gasteiger partial charge in [-0.1, -0.05) is 0 Å². The van der Waals surface area contributed by atoms with Gasteiger partial charge in [0, 0.05) is 0 Å². The molecule has 0 amide bonds. The number of nitro benzene ring substituents is 1. The topological polar surface area (TPSA) is 80.4 Å². The number of hydrogen-bond donors (Lipinski definition) is 1. The lowest BCUT2D eigenvalue weighted by Gasteiger charge is -2.05. The summed E-state index contributed by atoms with van der Waals surface area (Å²) >= 11 is 0. The van der Waals surface area contributed by atoms with E-state index in [4.69, 9.17) is 5.11 Å². The Hall–Kier alpha value is -2.12. The number of carboxylic acid groups (broad SMARTS) is 1. The number of nitrogens with zero attached hydrogens (tertiary/aromatic N) is 1. The van der Waals surface area contributed by atoms with Crippen molar-refractivity contribution < 1.29 is 28.0 Å². The highest BCUT2D eigenvalue weighted by atomic mass is 19.2. The largest absolute Gasteiger partial charge is 0.477 e. The minimum absolute atomic E-state index is 0.783. The van der Waals surface area contributed by atoms with Gasteiger partial charge in [0.25, 0.3) is 0 Å². The fourth-order valence-electron chi connectivity index (χ4n) is 1.16. The quantitative estimate of drug-likeness (QED) is 0.483. The summed E-state index contributed by atoms with van der Waals surface area (Å²) in [4.78, 5) is 19.5. The number of carboxylic acids is 1. The lowest BCUT2D eigenvalue weighted by Crippen LogP contribution is -2.11. The maximum Gasteiger partial charge on any atom is 0.342 e. The zero-order chi connectivity index (χ0) is 12.6. The van der Waals surface area contributed by atoms with Crippen LogP contribution in [0.2, 0.25) is 0 Å². The molecule has 0 saturated heterocycles. The Labute approximate surface area is 86.3 Å². The summed E-state index contributed by atoms with van der Waals surface area (Å²) in [5.74, 6) is -7.70. The first-order chi connectivity index (χ1) is 7.29. The molecule has 0 aliphatic heterocycles. The van der Waals surface area contributed by atoms with Gasteiger partial charge in [-0.2, -0.15) is 4.39 Å². The highest BCUT2D eigenvalue weighted by Gasteiger charge is 2.33.